The minimum Gasteiger partial charge on any atom is -0.486 e. The molecule has 0 amide bonds. The van der Waals surface area contributed by atoms with Crippen LogP contribution < -0.4 is 21.0 Å². The van der Waals surface area contributed by atoms with Gasteiger partial charge in [0.15, 0.2) is 35.0 Å². The summed E-state index contributed by atoms with van der Waals surface area (Å²) in [5.74, 6) is -0.835. The topological polar surface area (TPSA) is 188 Å². The van der Waals surface area contributed by atoms with Crippen LogP contribution in [0.2, 0.25) is 10.0 Å². The van der Waals surface area contributed by atoms with Crippen molar-refractivity contribution in [2.45, 2.75) is 103 Å². The average Bonchev–Trinajstić information content (AvgIpc) is 4.03. The van der Waals surface area contributed by atoms with Crippen molar-refractivity contribution in [1.82, 2.24) is 30.2 Å². The molecule has 0 saturated heterocycles. The van der Waals surface area contributed by atoms with Gasteiger partial charge in [-0.2, -0.15) is 26.3 Å². The minimum atomic E-state index is -4.14. The SMILES string of the molecule is Cc1nc(C2CCC(C(F)(F)F)CC2)oc1COc1ccc(-c2noc(=O)[nH]2)c(Cl)c1.Cc1nc(C2CCC(C(F)(F)F)CC2)oc1COc1ccc(-c2noc(=O)[nH]2)c(Cl)c1. The molecule has 22 heteroatoms. The lowest BCUT2D eigenvalue weighted by atomic mass is 9.81. The van der Waals surface area contributed by atoms with E-state index in [0.717, 1.165) is 0 Å². The minimum absolute atomic E-state index is 0.0864. The third kappa shape index (κ3) is 10.7. The second-order valence-electron chi connectivity index (χ2n) is 15.0. The first kappa shape index (κ1) is 44.6. The lowest BCUT2D eigenvalue weighted by molar-refractivity contribution is -0.183. The quantitative estimate of drug-likeness (QED) is 0.124. The summed E-state index contributed by atoms with van der Waals surface area (Å²) in [6, 6.07) is 9.69. The highest BCUT2D eigenvalue weighted by molar-refractivity contribution is 6.33. The van der Waals surface area contributed by atoms with Crippen LogP contribution >= 0.6 is 23.2 Å². The van der Waals surface area contributed by atoms with E-state index >= 15 is 0 Å². The van der Waals surface area contributed by atoms with Gasteiger partial charge < -0.3 is 18.3 Å². The van der Waals surface area contributed by atoms with Crippen molar-refractivity contribution in [1.29, 1.82) is 0 Å². The molecule has 0 atom stereocenters. The first-order valence-electron chi connectivity index (χ1n) is 19.4. The van der Waals surface area contributed by atoms with E-state index in [0.29, 0.717) is 93.0 Å². The number of oxazole rings is 2. The van der Waals surface area contributed by atoms with Gasteiger partial charge in [-0.05, 0) is 102 Å². The van der Waals surface area contributed by atoms with Crippen molar-refractivity contribution in [3.8, 4) is 34.3 Å². The number of aryl methyl sites for hydroxylation is 2. The number of halogens is 8. The number of aromatic nitrogens is 6. The first-order chi connectivity index (χ1) is 29.4. The Kier molecular flexibility index (Phi) is 13.3. The van der Waals surface area contributed by atoms with E-state index in [-0.39, 0.29) is 62.4 Å². The zero-order valence-electron chi connectivity index (χ0n) is 32.9. The molecule has 0 aliphatic heterocycles. The molecule has 2 N–H and O–H groups in total. The maximum Gasteiger partial charge on any atom is 0.439 e. The summed E-state index contributed by atoms with van der Waals surface area (Å²) in [6.07, 6.45) is -6.36. The fourth-order valence-electron chi connectivity index (χ4n) is 7.40. The van der Waals surface area contributed by atoms with Gasteiger partial charge in [-0.25, -0.2) is 19.6 Å². The second-order valence-corrected chi connectivity index (χ2v) is 15.9. The summed E-state index contributed by atoms with van der Waals surface area (Å²) < 4.78 is 109. The van der Waals surface area contributed by atoms with E-state index in [4.69, 9.17) is 41.5 Å². The predicted octanol–water partition coefficient (Wildman–Crippen LogP) is 10.8. The van der Waals surface area contributed by atoms with Crippen LogP contribution in [0.1, 0.15) is 97.9 Å². The van der Waals surface area contributed by atoms with Crippen molar-refractivity contribution in [2.24, 2.45) is 11.8 Å². The fraction of sp³-hybridized carbons (Fsp3) is 0.450. The van der Waals surface area contributed by atoms with Gasteiger partial charge >= 0.3 is 23.9 Å². The predicted molar refractivity (Wildman–Crippen MR) is 208 cm³/mol. The fourth-order valence-corrected chi connectivity index (χ4v) is 7.92. The van der Waals surface area contributed by atoms with Crippen molar-refractivity contribution in [3.63, 3.8) is 0 Å². The Morgan fingerprint density at radius 1 is 0.629 bits per heavy atom. The molecule has 62 heavy (non-hydrogen) atoms. The van der Waals surface area contributed by atoms with Gasteiger partial charge in [-0.15, -0.1) is 0 Å². The van der Waals surface area contributed by atoms with Gasteiger partial charge in [-0.1, -0.05) is 33.5 Å². The Balaban J connectivity index is 0.000000186. The van der Waals surface area contributed by atoms with E-state index in [2.05, 4.69) is 39.3 Å². The maximum absolute atomic E-state index is 12.9. The molecule has 2 saturated carbocycles. The highest BCUT2D eigenvalue weighted by Gasteiger charge is 2.43. The summed E-state index contributed by atoms with van der Waals surface area (Å²) in [5.41, 5.74) is 2.23. The lowest BCUT2D eigenvalue weighted by Gasteiger charge is -2.28. The van der Waals surface area contributed by atoms with Gasteiger partial charge in [0.05, 0.1) is 33.3 Å². The number of aromatic amines is 2. The second kappa shape index (κ2) is 18.5. The number of ether oxygens (including phenoxy) is 2. The normalized spacial score (nSPS) is 19.5. The summed E-state index contributed by atoms with van der Waals surface area (Å²) in [6.45, 7) is 3.72. The molecule has 6 aromatic rings. The van der Waals surface area contributed by atoms with Crippen LogP contribution in [0.25, 0.3) is 22.8 Å². The molecule has 14 nitrogen and oxygen atoms in total. The Morgan fingerprint density at radius 3 is 1.31 bits per heavy atom. The highest BCUT2D eigenvalue weighted by atomic mass is 35.5. The number of hydrogen-bond acceptors (Lipinski definition) is 12. The molecule has 0 spiro atoms. The standard InChI is InChI=1S/2C20H19ClF3N3O4/c2*1-10-16(30-18(25-10)11-2-4-12(5-3-11)20(22,23)24)9-29-13-6-7-14(15(21)8-13)17-26-19(28)31-27-17/h2*6-8,11-12H,2-5,9H2,1H3,(H,26,27,28). The third-order valence-corrected chi connectivity index (χ3v) is 11.5. The van der Waals surface area contributed by atoms with Crippen LogP contribution in [0.4, 0.5) is 26.3 Å². The van der Waals surface area contributed by atoms with Crippen LogP contribution in [0.15, 0.2) is 63.9 Å². The maximum atomic E-state index is 12.9. The van der Waals surface area contributed by atoms with Crippen molar-refractivity contribution in [2.75, 3.05) is 0 Å². The molecule has 2 aromatic carbocycles. The molecule has 2 fully saturated rings. The number of nitrogens with one attached hydrogen (secondary N) is 2. The molecule has 2 aliphatic carbocycles. The first-order valence-corrected chi connectivity index (χ1v) is 20.2. The van der Waals surface area contributed by atoms with Crippen molar-refractivity contribution < 1.29 is 53.7 Å². The number of rotatable bonds is 10. The summed E-state index contributed by atoms with van der Waals surface area (Å²) in [7, 11) is 0. The van der Waals surface area contributed by atoms with E-state index in [9.17, 15) is 35.9 Å². The van der Waals surface area contributed by atoms with Gasteiger partial charge in [-0.3, -0.25) is 19.0 Å². The number of hydrogen-bond donors (Lipinski definition) is 2. The molecule has 0 bridgehead atoms. The molecule has 0 unspecified atom stereocenters. The zero-order valence-corrected chi connectivity index (χ0v) is 34.4. The summed E-state index contributed by atoms with van der Waals surface area (Å²) >= 11 is 12.5. The molecular weight excluding hydrogens is 877 g/mol. The Hall–Kier alpha value is -5.50. The van der Waals surface area contributed by atoms with Crippen molar-refractivity contribution >= 4 is 23.2 Å². The van der Waals surface area contributed by atoms with Crippen LogP contribution in [-0.4, -0.2) is 42.6 Å². The van der Waals surface area contributed by atoms with E-state index < -0.39 is 35.7 Å². The highest BCUT2D eigenvalue weighted by Crippen LogP contribution is 2.44. The monoisotopic (exact) mass is 914 g/mol. The molecule has 332 valence electrons. The van der Waals surface area contributed by atoms with Crippen LogP contribution in [0.5, 0.6) is 11.5 Å². The summed E-state index contributed by atoms with van der Waals surface area (Å²) in [4.78, 5) is 35.8. The third-order valence-electron chi connectivity index (χ3n) is 10.9. The molecule has 2 aliphatic rings. The van der Waals surface area contributed by atoms with Gasteiger partial charge in [0.25, 0.3) is 0 Å². The van der Waals surface area contributed by atoms with Gasteiger partial charge in [0.2, 0.25) is 0 Å². The van der Waals surface area contributed by atoms with Crippen molar-refractivity contribution in [3.05, 3.63) is 102 Å². The van der Waals surface area contributed by atoms with E-state index in [1.165, 1.54) is 0 Å². The Morgan fingerprint density at radius 2 is 1.00 bits per heavy atom. The largest absolute Gasteiger partial charge is 0.486 e. The number of nitrogens with zero attached hydrogens (tertiary/aromatic N) is 4. The smallest absolute Gasteiger partial charge is 0.439 e. The Labute approximate surface area is 357 Å². The van der Waals surface area contributed by atoms with E-state index in [1.54, 1.807) is 50.2 Å². The molecule has 0 radical (unpaired) electrons. The van der Waals surface area contributed by atoms with Crippen LogP contribution in [0.3, 0.4) is 0 Å². The van der Waals surface area contributed by atoms with Gasteiger partial charge in [0.1, 0.15) is 24.7 Å². The number of benzene rings is 2. The van der Waals surface area contributed by atoms with Crippen LogP contribution in [0, 0.1) is 25.7 Å². The zero-order chi connectivity index (χ0) is 44.3. The lowest BCUT2D eigenvalue weighted by Crippen LogP contribution is -2.27. The molecular formula is C40H38Cl2F6N6O8. The van der Waals surface area contributed by atoms with Gasteiger partial charge in [0, 0.05) is 23.0 Å². The van der Waals surface area contributed by atoms with E-state index in [1.807, 2.05) is 0 Å². The number of alkyl halides is 6. The average molecular weight is 916 g/mol. The van der Waals surface area contributed by atoms with Crippen LogP contribution in [-0.2, 0) is 13.2 Å². The molecule has 4 heterocycles. The molecule has 8 rings (SSSR count). The Bertz CT molecular complexity index is 2400. The number of H-pyrrole nitrogens is 2. The summed E-state index contributed by atoms with van der Waals surface area (Å²) in [5, 5.41) is 7.79. The molecule has 4 aromatic heterocycles.